The number of carbonyl (C=O) groups is 1. The van der Waals surface area contributed by atoms with Gasteiger partial charge < -0.3 is 18.9 Å². The van der Waals surface area contributed by atoms with Crippen LogP contribution in [0.3, 0.4) is 0 Å². The first-order chi connectivity index (χ1) is 9.28. The molecule has 2 aliphatic rings. The van der Waals surface area contributed by atoms with Crippen molar-refractivity contribution in [3.8, 4) is 0 Å². The van der Waals surface area contributed by atoms with Gasteiger partial charge in [0.2, 0.25) is 0 Å². The van der Waals surface area contributed by atoms with Gasteiger partial charge in [-0.2, -0.15) is 0 Å². The molecule has 0 saturated carbocycles. The van der Waals surface area contributed by atoms with E-state index in [1.165, 1.54) is 7.11 Å². The van der Waals surface area contributed by atoms with Gasteiger partial charge in [-0.1, -0.05) is 30.3 Å². The molecule has 2 unspecified atom stereocenters. The number of benzene rings is 1. The second-order valence-corrected chi connectivity index (χ2v) is 4.64. The SMILES string of the molecule is CO[C@@H]1CC(=O)C2O[C@H](c3ccccc3)OCC2O1. The van der Waals surface area contributed by atoms with E-state index in [0.717, 1.165) is 5.56 Å². The van der Waals surface area contributed by atoms with Crippen LogP contribution in [0.4, 0.5) is 0 Å². The number of methoxy groups -OCH3 is 1. The highest BCUT2D eigenvalue weighted by Crippen LogP contribution is 2.31. The summed E-state index contributed by atoms with van der Waals surface area (Å²) in [5, 5.41) is 0. The third kappa shape index (κ3) is 2.55. The highest BCUT2D eigenvalue weighted by atomic mass is 16.7. The lowest BCUT2D eigenvalue weighted by atomic mass is 10.0. The van der Waals surface area contributed by atoms with E-state index in [0.29, 0.717) is 6.61 Å². The molecule has 19 heavy (non-hydrogen) atoms. The Bertz CT molecular complexity index is 446. The van der Waals surface area contributed by atoms with Gasteiger partial charge in [0, 0.05) is 12.7 Å². The van der Waals surface area contributed by atoms with Crippen molar-refractivity contribution >= 4 is 5.78 Å². The number of hydrogen-bond donors (Lipinski definition) is 0. The van der Waals surface area contributed by atoms with Crippen molar-refractivity contribution in [1.29, 1.82) is 0 Å². The normalized spacial score (nSPS) is 34.9. The quantitative estimate of drug-likeness (QED) is 0.809. The fraction of sp³-hybridized carbons (Fsp3) is 0.500. The molecule has 2 heterocycles. The molecular formula is C14H16O5. The average molecular weight is 264 g/mol. The maximum absolute atomic E-state index is 12.0. The van der Waals surface area contributed by atoms with Crippen LogP contribution < -0.4 is 0 Å². The molecule has 0 aromatic heterocycles. The van der Waals surface area contributed by atoms with Crippen LogP contribution in [0.2, 0.25) is 0 Å². The predicted molar refractivity (Wildman–Crippen MR) is 65.3 cm³/mol. The van der Waals surface area contributed by atoms with Crippen molar-refractivity contribution in [3.05, 3.63) is 35.9 Å². The zero-order valence-electron chi connectivity index (χ0n) is 10.7. The monoisotopic (exact) mass is 264 g/mol. The number of ether oxygens (including phenoxy) is 4. The van der Waals surface area contributed by atoms with Crippen LogP contribution in [-0.2, 0) is 23.7 Å². The van der Waals surface area contributed by atoms with E-state index in [1.807, 2.05) is 30.3 Å². The van der Waals surface area contributed by atoms with E-state index < -0.39 is 18.7 Å². The Balaban J connectivity index is 1.72. The van der Waals surface area contributed by atoms with Crippen molar-refractivity contribution < 1.29 is 23.7 Å². The molecule has 0 bridgehead atoms. The highest BCUT2D eigenvalue weighted by Gasteiger charge is 2.43. The molecule has 0 aliphatic carbocycles. The smallest absolute Gasteiger partial charge is 0.184 e. The van der Waals surface area contributed by atoms with Gasteiger partial charge in [0.1, 0.15) is 12.2 Å². The van der Waals surface area contributed by atoms with Crippen molar-refractivity contribution in [1.82, 2.24) is 0 Å². The molecular weight excluding hydrogens is 248 g/mol. The molecule has 2 saturated heterocycles. The van der Waals surface area contributed by atoms with Gasteiger partial charge in [0.15, 0.2) is 18.4 Å². The molecule has 0 amide bonds. The van der Waals surface area contributed by atoms with Gasteiger partial charge in [-0.15, -0.1) is 0 Å². The Morgan fingerprint density at radius 2 is 2.00 bits per heavy atom. The molecule has 5 heteroatoms. The maximum atomic E-state index is 12.0. The fourth-order valence-electron chi connectivity index (χ4n) is 2.37. The lowest BCUT2D eigenvalue weighted by molar-refractivity contribution is -0.298. The summed E-state index contributed by atoms with van der Waals surface area (Å²) >= 11 is 0. The van der Waals surface area contributed by atoms with Gasteiger partial charge in [-0.25, -0.2) is 0 Å². The first kappa shape index (κ1) is 12.7. The van der Waals surface area contributed by atoms with Crippen molar-refractivity contribution in [3.63, 3.8) is 0 Å². The van der Waals surface area contributed by atoms with Crippen LogP contribution in [0.25, 0.3) is 0 Å². The van der Waals surface area contributed by atoms with Gasteiger partial charge in [-0.3, -0.25) is 4.79 Å². The third-order valence-electron chi connectivity index (χ3n) is 3.37. The minimum atomic E-state index is -0.564. The standard InChI is InChI=1S/C14H16O5/c1-16-12-7-10(15)13-11(18-12)8-17-14(19-13)9-5-3-2-4-6-9/h2-6,11-14H,7-8H2,1H3/t11?,12-,13?,14+/m0/s1. The van der Waals surface area contributed by atoms with E-state index in [4.69, 9.17) is 18.9 Å². The Labute approximate surface area is 111 Å². The molecule has 0 N–H and O–H groups in total. The van der Waals surface area contributed by atoms with Crippen molar-refractivity contribution in [2.45, 2.75) is 31.2 Å². The van der Waals surface area contributed by atoms with Crippen LogP contribution in [-0.4, -0.2) is 38.0 Å². The summed E-state index contributed by atoms with van der Waals surface area (Å²) in [5.41, 5.74) is 0.905. The van der Waals surface area contributed by atoms with Crippen LogP contribution in [0.1, 0.15) is 18.3 Å². The third-order valence-corrected chi connectivity index (χ3v) is 3.37. The molecule has 102 valence electrons. The molecule has 3 rings (SSSR count). The molecule has 0 spiro atoms. The first-order valence-electron chi connectivity index (χ1n) is 6.31. The summed E-state index contributed by atoms with van der Waals surface area (Å²) in [6.45, 7) is 0.329. The lowest BCUT2D eigenvalue weighted by Gasteiger charge is -2.40. The Morgan fingerprint density at radius 3 is 2.74 bits per heavy atom. The highest BCUT2D eigenvalue weighted by molar-refractivity contribution is 5.84. The zero-order chi connectivity index (χ0) is 13.2. The predicted octanol–water partition coefficient (Wildman–Crippen LogP) is 1.43. The molecule has 2 aliphatic heterocycles. The minimum Gasteiger partial charge on any atom is -0.355 e. The topological polar surface area (TPSA) is 54.0 Å². The minimum absolute atomic E-state index is 0.00679. The number of carbonyl (C=O) groups excluding carboxylic acids is 1. The van der Waals surface area contributed by atoms with Gasteiger partial charge >= 0.3 is 0 Å². The second kappa shape index (κ2) is 5.38. The van der Waals surface area contributed by atoms with Gasteiger partial charge in [0.25, 0.3) is 0 Å². The van der Waals surface area contributed by atoms with E-state index in [9.17, 15) is 4.79 Å². The number of hydrogen-bond acceptors (Lipinski definition) is 5. The van der Waals surface area contributed by atoms with Crippen molar-refractivity contribution in [2.24, 2.45) is 0 Å². The van der Waals surface area contributed by atoms with Crippen LogP contribution in [0.15, 0.2) is 30.3 Å². The fourth-order valence-corrected chi connectivity index (χ4v) is 2.37. The van der Waals surface area contributed by atoms with Gasteiger partial charge in [-0.05, 0) is 0 Å². The van der Waals surface area contributed by atoms with E-state index in [1.54, 1.807) is 0 Å². The molecule has 1 aromatic rings. The Hall–Kier alpha value is -1.27. The van der Waals surface area contributed by atoms with Crippen molar-refractivity contribution in [2.75, 3.05) is 13.7 Å². The number of Topliss-reactive ketones (excluding diaryl/α,β-unsaturated/α-hetero) is 1. The summed E-state index contributed by atoms with van der Waals surface area (Å²) in [6, 6.07) is 9.57. The zero-order valence-corrected chi connectivity index (χ0v) is 10.7. The summed E-state index contributed by atoms with van der Waals surface area (Å²) in [4.78, 5) is 12.0. The van der Waals surface area contributed by atoms with Crippen LogP contribution in [0, 0.1) is 0 Å². The molecule has 2 fully saturated rings. The van der Waals surface area contributed by atoms with E-state index in [-0.39, 0.29) is 18.3 Å². The van der Waals surface area contributed by atoms with Gasteiger partial charge in [0.05, 0.1) is 13.0 Å². The second-order valence-electron chi connectivity index (χ2n) is 4.64. The summed E-state index contributed by atoms with van der Waals surface area (Å²) < 4.78 is 22.0. The lowest BCUT2D eigenvalue weighted by Crippen LogP contribution is -2.53. The molecule has 5 nitrogen and oxygen atoms in total. The largest absolute Gasteiger partial charge is 0.355 e. The summed E-state index contributed by atoms with van der Waals surface area (Å²) in [5.74, 6) is 0.00679. The van der Waals surface area contributed by atoms with Crippen LogP contribution in [0.5, 0.6) is 0 Å². The number of fused-ring (bicyclic) bond motifs is 1. The first-order valence-corrected chi connectivity index (χ1v) is 6.31. The number of rotatable bonds is 2. The molecule has 0 radical (unpaired) electrons. The Kier molecular flexibility index (Phi) is 3.61. The summed E-state index contributed by atoms with van der Waals surface area (Å²) in [6.07, 6.45) is -1.72. The average Bonchev–Trinajstić information content (AvgIpc) is 2.47. The summed E-state index contributed by atoms with van der Waals surface area (Å²) in [7, 11) is 1.52. The van der Waals surface area contributed by atoms with E-state index >= 15 is 0 Å². The molecule has 4 atom stereocenters. The van der Waals surface area contributed by atoms with E-state index in [2.05, 4.69) is 0 Å². The molecule has 1 aromatic carbocycles. The van der Waals surface area contributed by atoms with Crippen LogP contribution >= 0.6 is 0 Å². The maximum Gasteiger partial charge on any atom is 0.184 e. The Morgan fingerprint density at radius 1 is 1.21 bits per heavy atom. The number of ketones is 1.